The highest BCUT2D eigenvalue weighted by Crippen LogP contribution is 2.41. The number of aromatic nitrogens is 2. The number of halogens is 1. The Morgan fingerprint density at radius 1 is 1.14 bits per heavy atom. The van der Waals surface area contributed by atoms with Gasteiger partial charge in [0.15, 0.2) is 0 Å². The van der Waals surface area contributed by atoms with Crippen LogP contribution in [0.4, 0.5) is 4.39 Å². The molecular formula is C22H12FN3O2. The Balaban J connectivity index is 1.67. The second kappa shape index (κ2) is 6.03. The van der Waals surface area contributed by atoms with E-state index in [1.807, 2.05) is 36.4 Å². The molecule has 4 aromatic rings. The molecule has 0 unspecified atom stereocenters. The summed E-state index contributed by atoms with van der Waals surface area (Å²) in [5.74, 6) is -0.278. The van der Waals surface area contributed by atoms with Gasteiger partial charge in [0.05, 0.1) is 22.8 Å². The first-order chi connectivity index (χ1) is 13.7. The number of rotatable bonds is 3. The van der Waals surface area contributed by atoms with E-state index in [0.29, 0.717) is 44.7 Å². The van der Waals surface area contributed by atoms with E-state index < -0.39 is 5.82 Å². The third kappa shape index (κ3) is 2.30. The lowest BCUT2D eigenvalue weighted by molar-refractivity contribution is 0.0965. The minimum atomic E-state index is -0.450. The van der Waals surface area contributed by atoms with Gasteiger partial charge in [0.1, 0.15) is 29.4 Å². The summed E-state index contributed by atoms with van der Waals surface area (Å²) in [6.07, 6.45) is 1.69. The first-order valence-electron chi connectivity index (χ1n) is 8.64. The monoisotopic (exact) mass is 369 g/mol. The third-order valence-electron chi connectivity index (χ3n) is 4.83. The summed E-state index contributed by atoms with van der Waals surface area (Å²) < 4.78 is 21.2. The van der Waals surface area contributed by atoms with Crippen LogP contribution in [-0.2, 0) is 6.61 Å². The lowest BCUT2D eigenvalue weighted by Gasteiger charge is -2.13. The number of hydrogen-bond acceptors (Lipinski definition) is 4. The summed E-state index contributed by atoms with van der Waals surface area (Å²) in [7, 11) is 0. The van der Waals surface area contributed by atoms with Crippen LogP contribution in [0.25, 0.3) is 22.3 Å². The molecule has 1 aliphatic heterocycles. The quantitative estimate of drug-likeness (QED) is 0.476. The molecule has 134 valence electrons. The second-order valence-corrected chi connectivity index (χ2v) is 6.45. The Kier molecular flexibility index (Phi) is 3.49. The van der Waals surface area contributed by atoms with Crippen LogP contribution >= 0.6 is 0 Å². The number of pyridine rings is 1. The molecule has 0 radical (unpaired) electrons. The summed E-state index contributed by atoms with van der Waals surface area (Å²) in [6.45, 7) is -0.0384. The molecule has 2 aromatic heterocycles. The van der Waals surface area contributed by atoms with Crippen molar-refractivity contribution in [2.24, 2.45) is 0 Å². The number of fused-ring (bicyclic) bond motifs is 4. The van der Waals surface area contributed by atoms with E-state index in [1.165, 1.54) is 22.8 Å². The van der Waals surface area contributed by atoms with E-state index in [-0.39, 0.29) is 12.5 Å². The van der Waals surface area contributed by atoms with Crippen molar-refractivity contribution >= 4 is 16.8 Å². The van der Waals surface area contributed by atoms with Crippen molar-refractivity contribution in [3.8, 4) is 23.2 Å². The second-order valence-electron chi connectivity index (χ2n) is 6.45. The molecule has 0 amide bonds. The summed E-state index contributed by atoms with van der Waals surface area (Å²) in [6, 6.07) is 17.0. The normalized spacial score (nSPS) is 11.9. The fourth-order valence-corrected chi connectivity index (χ4v) is 3.53. The SMILES string of the molecule is N#Cc1ccc(F)cc1COc1c2c(nc3ccccc13)-c1cccn1C2=O. The molecule has 0 aliphatic carbocycles. The number of hydrogen-bond donors (Lipinski definition) is 0. The summed E-state index contributed by atoms with van der Waals surface area (Å²) >= 11 is 0. The average Bonchev–Trinajstić information content (AvgIpc) is 3.29. The standard InChI is InChI=1S/C22H12FN3O2/c23-15-8-7-13(11-24)14(10-15)12-28-21-16-4-1-2-5-17(16)25-20-18-6-3-9-26(18)22(27)19(20)21/h1-10H,12H2. The maximum atomic E-state index is 13.6. The Morgan fingerprint density at radius 2 is 2.00 bits per heavy atom. The predicted octanol–water partition coefficient (Wildman–Crippen LogP) is 4.29. The van der Waals surface area contributed by atoms with Crippen LogP contribution in [0.2, 0.25) is 0 Å². The molecule has 1 aliphatic rings. The Hall–Kier alpha value is -3.98. The van der Waals surface area contributed by atoms with Crippen molar-refractivity contribution in [2.75, 3.05) is 0 Å². The van der Waals surface area contributed by atoms with Crippen LogP contribution in [0.5, 0.6) is 5.75 Å². The van der Waals surface area contributed by atoms with Gasteiger partial charge in [-0.1, -0.05) is 12.1 Å². The molecule has 0 saturated carbocycles. The fourth-order valence-electron chi connectivity index (χ4n) is 3.53. The maximum Gasteiger partial charge on any atom is 0.268 e. The van der Waals surface area contributed by atoms with Gasteiger partial charge < -0.3 is 4.74 Å². The molecule has 0 N–H and O–H groups in total. The van der Waals surface area contributed by atoms with Crippen LogP contribution in [-0.4, -0.2) is 15.5 Å². The minimum absolute atomic E-state index is 0.0384. The number of nitriles is 1. The van der Waals surface area contributed by atoms with Crippen LogP contribution in [0.1, 0.15) is 21.5 Å². The number of nitrogens with zero attached hydrogens (tertiary/aromatic N) is 3. The number of ether oxygens (including phenoxy) is 1. The van der Waals surface area contributed by atoms with E-state index in [0.717, 1.165) is 0 Å². The van der Waals surface area contributed by atoms with Crippen molar-refractivity contribution in [1.29, 1.82) is 5.26 Å². The van der Waals surface area contributed by atoms with E-state index in [1.54, 1.807) is 12.3 Å². The van der Waals surface area contributed by atoms with Gasteiger partial charge in [-0.3, -0.25) is 9.36 Å². The summed E-state index contributed by atoms with van der Waals surface area (Å²) in [5, 5.41) is 9.96. The van der Waals surface area contributed by atoms with Crippen molar-refractivity contribution in [2.45, 2.75) is 6.61 Å². The van der Waals surface area contributed by atoms with E-state index in [9.17, 15) is 14.4 Å². The molecule has 6 heteroatoms. The van der Waals surface area contributed by atoms with Crippen molar-refractivity contribution in [3.63, 3.8) is 0 Å². The molecule has 0 saturated heterocycles. The molecule has 0 bridgehead atoms. The molecule has 2 aromatic carbocycles. The molecule has 0 fully saturated rings. The highest BCUT2D eigenvalue weighted by atomic mass is 19.1. The molecule has 0 atom stereocenters. The summed E-state index contributed by atoms with van der Waals surface area (Å²) in [5.41, 5.74) is 3.08. The molecule has 3 heterocycles. The zero-order valence-electron chi connectivity index (χ0n) is 14.5. The fraction of sp³-hybridized carbons (Fsp3) is 0.0455. The number of carbonyl (C=O) groups excluding carboxylic acids is 1. The summed E-state index contributed by atoms with van der Waals surface area (Å²) in [4.78, 5) is 17.6. The van der Waals surface area contributed by atoms with Crippen molar-refractivity contribution < 1.29 is 13.9 Å². The van der Waals surface area contributed by atoms with Gasteiger partial charge >= 0.3 is 0 Å². The lowest BCUT2D eigenvalue weighted by Crippen LogP contribution is -2.08. The Labute approximate surface area is 159 Å². The topological polar surface area (TPSA) is 67.9 Å². The van der Waals surface area contributed by atoms with Gasteiger partial charge in [-0.05, 0) is 42.5 Å². The van der Waals surface area contributed by atoms with Crippen LogP contribution < -0.4 is 4.74 Å². The Bertz CT molecular complexity index is 1320. The first-order valence-corrected chi connectivity index (χ1v) is 8.64. The van der Waals surface area contributed by atoms with Gasteiger partial charge in [-0.25, -0.2) is 9.37 Å². The van der Waals surface area contributed by atoms with Gasteiger partial charge in [0, 0.05) is 17.1 Å². The number of para-hydroxylation sites is 1. The smallest absolute Gasteiger partial charge is 0.268 e. The molecule has 0 spiro atoms. The molecule has 5 rings (SSSR count). The Morgan fingerprint density at radius 3 is 2.86 bits per heavy atom. The maximum absolute atomic E-state index is 13.6. The van der Waals surface area contributed by atoms with Crippen LogP contribution in [0.15, 0.2) is 60.8 Å². The minimum Gasteiger partial charge on any atom is -0.487 e. The van der Waals surface area contributed by atoms with Gasteiger partial charge in [-0.2, -0.15) is 5.26 Å². The van der Waals surface area contributed by atoms with Crippen molar-refractivity contribution in [1.82, 2.24) is 9.55 Å². The lowest BCUT2D eigenvalue weighted by atomic mass is 10.1. The van der Waals surface area contributed by atoms with Gasteiger partial charge in [-0.15, -0.1) is 0 Å². The van der Waals surface area contributed by atoms with E-state index in [2.05, 4.69) is 4.98 Å². The molecule has 5 nitrogen and oxygen atoms in total. The van der Waals surface area contributed by atoms with E-state index >= 15 is 0 Å². The third-order valence-corrected chi connectivity index (χ3v) is 4.83. The highest BCUT2D eigenvalue weighted by Gasteiger charge is 2.32. The number of benzene rings is 2. The molecular weight excluding hydrogens is 357 g/mol. The zero-order chi connectivity index (χ0) is 19.3. The van der Waals surface area contributed by atoms with Crippen LogP contribution in [0.3, 0.4) is 0 Å². The van der Waals surface area contributed by atoms with E-state index in [4.69, 9.17) is 4.74 Å². The predicted molar refractivity (Wildman–Crippen MR) is 100 cm³/mol. The van der Waals surface area contributed by atoms with Crippen LogP contribution in [0, 0.1) is 17.1 Å². The average molecular weight is 369 g/mol. The zero-order valence-corrected chi connectivity index (χ0v) is 14.5. The largest absolute Gasteiger partial charge is 0.487 e. The van der Waals surface area contributed by atoms with Gasteiger partial charge in [0.25, 0.3) is 5.91 Å². The highest BCUT2D eigenvalue weighted by molar-refractivity contribution is 6.13. The molecule has 28 heavy (non-hydrogen) atoms. The first kappa shape index (κ1) is 16.2. The number of carbonyl (C=O) groups is 1. The van der Waals surface area contributed by atoms with Crippen molar-refractivity contribution in [3.05, 3.63) is 83.3 Å². The van der Waals surface area contributed by atoms with Gasteiger partial charge in [0.2, 0.25) is 0 Å².